The molecule has 35 heavy (non-hydrogen) atoms. The molecule has 1 aromatic heterocycles. The number of amides is 1. The number of fused-ring (bicyclic) bond motifs is 1. The molecule has 176 valence electrons. The maximum Gasteiger partial charge on any atom is 0.246 e. The van der Waals surface area contributed by atoms with Gasteiger partial charge in [0.2, 0.25) is 5.91 Å². The maximum absolute atomic E-state index is 13.9. The van der Waals surface area contributed by atoms with Crippen LogP contribution in [-0.4, -0.2) is 26.9 Å². The average Bonchev–Trinajstić information content (AvgIpc) is 3.22. The number of halogens is 2. The lowest BCUT2D eigenvalue weighted by atomic mass is 10.1. The van der Waals surface area contributed by atoms with Gasteiger partial charge < -0.3 is 15.5 Å². The molecule has 0 spiro atoms. The summed E-state index contributed by atoms with van der Waals surface area (Å²) in [5.41, 5.74) is 3.68. The van der Waals surface area contributed by atoms with Crippen LogP contribution >= 0.6 is 0 Å². The molecule has 0 fully saturated rings. The van der Waals surface area contributed by atoms with Crippen LogP contribution in [0.5, 0.6) is 0 Å². The zero-order valence-corrected chi connectivity index (χ0v) is 19.0. The van der Waals surface area contributed by atoms with Crippen molar-refractivity contribution in [1.29, 1.82) is 0 Å². The van der Waals surface area contributed by atoms with E-state index in [1.54, 1.807) is 42.7 Å². The number of aryl methyl sites for hydroxylation is 1. The molecule has 0 radical (unpaired) electrons. The van der Waals surface area contributed by atoms with E-state index >= 15 is 0 Å². The standard InChI is InChI=1S/C27H23F2N5O/c1-18-6-12-21(13-7-18)31-27-26(19-8-10-20(28)11-9-19)32-24-17-33(14-15-34(24)27)25(35)16-30-23-5-3-2-4-22(23)29/h2-15,30-31H,16-17H2,1H3. The van der Waals surface area contributed by atoms with E-state index in [2.05, 4.69) is 10.6 Å². The number of nitrogens with one attached hydrogen (secondary N) is 2. The molecular formula is C27H23F2N5O. The molecule has 3 aromatic carbocycles. The first kappa shape index (κ1) is 22.3. The third-order valence-electron chi connectivity index (χ3n) is 5.75. The minimum atomic E-state index is -0.416. The number of hydrogen-bond acceptors (Lipinski definition) is 4. The highest BCUT2D eigenvalue weighted by molar-refractivity contribution is 5.83. The van der Waals surface area contributed by atoms with Gasteiger partial charge in [0.25, 0.3) is 0 Å². The summed E-state index contributed by atoms with van der Waals surface area (Å²) in [7, 11) is 0. The van der Waals surface area contributed by atoms with Gasteiger partial charge in [0, 0.05) is 23.7 Å². The van der Waals surface area contributed by atoms with Crippen molar-refractivity contribution in [1.82, 2.24) is 14.5 Å². The highest BCUT2D eigenvalue weighted by Crippen LogP contribution is 2.33. The van der Waals surface area contributed by atoms with Crippen LogP contribution in [0.3, 0.4) is 0 Å². The number of aromatic nitrogens is 2. The van der Waals surface area contributed by atoms with Crippen LogP contribution in [0.4, 0.5) is 26.0 Å². The highest BCUT2D eigenvalue weighted by atomic mass is 19.1. The molecule has 8 heteroatoms. The Hall–Kier alpha value is -4.46. The molecule has 0 saturated carbocycles. The Morgan fingerprint density at radius 3 is 2.46 bits per heavy atom. The third-order valence-corrected chi connectivity index (χ3v) is 5.75. The summed E-state index contributed by atoms with van der Waals surface area (Å²) in [6.07, 6.45) is 3.44. The summed E-state index contributed by atoms with van der Waals surface area (Å²) in [6, 6.07) is 20.3. The van der Waals surface area contributed by atoms with Gasteiger partial charge in [-0.25, -0.2) is 13.8 Å². The van der Waals surface area contributed by atoms with Crippen LogP contribution in [0.25, 0.3) is 17.5 Å². The normalized spacial score (nSPS) is 12.4. The number of carbonyl (C=O) groups excluding carboxylic acids is 1. The van der Waals surface area contributed by atoms with E-state index in [1.165, 1.54) is 23.1 Å². The van der Waals surface area contributed by atoms with Crippen molar-refractivity contribution in [3.8, 4) is 11.3 Å². The number of para-hydroxylation sites is 1. The molecule has 6 nitrogen and oxygen atoms in total. The van der Waals surface area contributed by atoms with Crippen LogP contribution in [0.15, 0.2) is 79.0 Å². The van der Waals surface area contributed by atoms with Gasteiger partial charge in [-0.1, -0.05) is 29.8 Å². The lowest BCUT2D eigenvalue weighted by Crippen LogP contribution is -2.33. The number of anilines is 3. The van der Waals surface area contributed by atoms with E-state index in [1.807, 2.05) is 35.8 Å². The second kappa shape index (κ2) is 9.42. The molecule has 0 saturated heterocycles. The van der Waals surface area contributed by atoms with E-state index in [-0.39, 0.29) is 30.5 Å². The van der Waals surface area contributed by atoms with Gasteiger partial charge >= 0.3 is 0 Å². The van der Waals surface area contributed by atoms with Gasteiger partial charge in [-0.2, -0.15) is 0 Å². The second-order valence-corrected chi connectivity index (χ2v) is 8.25. The van der Waals surface area contributed by atoms with Crippen LogP contribution < -0.4 is 10.6 Å². The zero-order chi connectivity index (χ0) is 24.4. The van der Waals surface area contributed by atoms with Crippen molar-refractivity contribution in [2.45, 2.75) is 13.5 Å². The summed E-state index contributed by atoms with van der Waals surface area (Å²) in [4.78, 5) is 19.1. The maximum atomic E-state index is 13.9. The SMILES string of the molecule is Cc1ccc(Nc2c(-c3ccc(F)cc3)nc3n2C=CN(C(=O)CNc2ccccc2F)C3)cc1. The molecule has 2 N–H and O–H groups in total. The lowest BCUT2D eigenvalue weighted by molar-refractivity contribution is -0.127. The van der Waals surface area contributed by atoms with Gasteiger partial charge in [-0.3, -0.25) is 9.36 Å². The van der Waals surface area contributed by atoms with E-state index in [9.17, 15) is 13.6 Å². The summed E-state index contributed by atoms with van der Waals surface area (Å²) in [5, 5.41) is 6.26. The Labute approximate surface area is 201 Å². The van der Waals surface area contributed by atoms with Crippen molar-refractivity contribution in [3.05, 3.63) is 102 Å². The van der Waals surface area contributed by atoms with Crippen molar-refractivity contribution in [3.63, 3.8) is 0 Å². The molecular weight excluding hydrogens is 448 g/mol. The summed E-state index contributed by atoms with van der Waals surface area (Å²) < 4.78 is 29.3. The van der Waals surface area contributed by atoms with E-state index < -0.39 is 5.82 Å². The first-order chi connectivity index (χ1) is 17.0. The smallest absolute Gasteiger partial charge is 0.246 e. The molecule has 0 atom stereocenters. The van der Waals surface area contributed by atoms with E-state index in [4.69, 9.17) is 4.98 Å². The largest absolute Gasteiger partial charge is 0.374 e. The third kappa shape index (κ3) is 4.77. The fourth-order valence-electron chi connectivity index (χ4n) is 3.85. The molecule has 1 aliphatic rings. The summed E-state index contributed by atoms with van der Waals surface area (Å²) >= 11 is 0. The molecule has 2 heterocycles. The molecule has 5 rings (SSSR count). The topological polar surface area (TPSA) is 62.2 Å². The van der Waals surface area contributed by atoms with Gasteiger partial charge in [0.1, 0.15) is 29.0 Å². The van der Waals surface area contributed by atoms with Crippen LogP contribution in [0.1, 0.15) is 11.4 Å². The fraction of sp³-hybridized carbons (Fsp3) is 0.111. The Balaban J connectivity index is 1.41. The molecule has 1 aliphatic heterocycles. The minimum absolute atomic E-state index is 0.0642. The van der Waals surface area contributed by atoms with Gasteiger partial charge in [-0.15, -0.1) is 0 Å². The van der Waals surface area contributed by atoms with Gasteiger partial charge in [0.15, 0.2) is 0 Å². The lowest BCUT2D eigenvalue weighted by Gasteiger charge is -2.23. The summed E-state index contributed by atoms with van der Waals surface area (Å²) in [5.74, 6) is 0.379. The number of rotatable bonds is 6. The molecule has 0 aliphatic carbocycles. The Morgan fingerprint density at radius 1 is 0.971 bits per heavy atom. The number of hydrogen-bond donors (Lipinski definition) is 2. The highest BCUT2D eigenvalue weighted by Gasteiger charge is 2.24. The average molecular weight is 472 g/mol. The van der Waals surface area contributed by atoms with Gasteiger partial charge in [-0.05, 0) is 55.5 Å². The number of benzene rings is 3. The zero-order valence-electron chi connectivity index (χ0n) is 19.0. The van der Waals surface area contributed by atoms with Crippen molar-refractivity contribution < 1.29 is 13.6 Å². The number of imidazole rings is 1. The molecule has 0 unspecified atom stereocenters. The number of carbonyl (C=O) groups is 1. The van der Waals surface area contributed by atoms with Gasteiger partial charge in [0.05, 0.1) is 18.8 Å². The Bertz CT molecular complexity index is 1390. The Morgan fingerprint density at radius 2 is 1.71 bits per heavy atom. The van der Waals surface area contributed by atoms with Crippen LogP contribution in [-0.2, 0) is 11.3 Å². The predicted octanol–water partition coefficient (Wildman–Crippen LogP) is 5.76. The first-order valence-electron chi connectivity index (χ1n) is 11.1. The van der Waals surface area contributed by atoms with Crippen molar-refractivity contribution in [2.75, 3.05) is 17.2 Å². The Kier molecular flexibility index (Phi) is 6.01. The quantitative estimate of drug-likeness (QED) is 0.375. The monoisotopic (exact) mass is 471 g/mol. The fourth-order valence-corrected chi connectivity index (χ4v) is 3.85. The molecule has 1 amide bonds. The minimum Gasteiger partial charge on any atom is -0.374 e. The van der Waals surface area contributed by atoms with Crippen molar-refractivity contribution in [2.24, 2.45) is 0 Å². The van der Waals surface area contributed by atoms with E-state index in [0.29, 0.717) is 17.3 Å². The first-order valence-corrected chi connectivity index (χ1v) is 11.1. The number of nitrogens with zero attached hydrogens (tertiary/aromatic N) is 3. The molecule has 0 bridgehead atoms. The van der Waals surface area contributed by atoms with Crippen LogP contribution in [0.2, 0.25) is 0 Å². The summed E-state index contributed by atoms with van der Waals surface area (Å²) in [6.45, 7) is 2.19. The van der Waals surface area contributed by atoms with Crippen molar-refractivity contribution >= 4 is 29.3 Å². The molecule has 4 aromatic rings. The van der Waals surface area contributed by atoms with E-state index in [0.717, 1.165) is 16.8 Å². The van der Waals surface area contributed by atoms with Crippen LogP contribution in [0, 0.1) is 18.6 Å². The second-order valence-electron chi connectivity index (χ2n) is 8.25. The predicted molar refractivity (Wildman–Crippen MR) is 133 cm³/mol.